The zero-order chi connectivity index (χ0) is 25.0. The maximum atomic E-state index is 12.9. The number of anilines is 2. The summed E-state index contributed by atoms with van der Waals surface area (Å²) in [6.45, 7) is 0. The number of benzene rings is 4. The van der Waals surface area contributed by atoms with Gasteiger partial charge in [-0.3, -0.25) is 9.52 Å². The van der Waals surface area contributed by atoms with E-state index in [2.05, 4.69) is 10.0 Å². The molecule has 35 heavy (non-hydrogen) atoms. The smallest absolute Gasteiger partial charge is 0.262 e. The van der Waals surface area contributed by atoms with Crippen LogP contribution in [0.1, 0.15) is 10.4 Å². The fourth-order valence-electron chi connectivity index (χ4n) is 3.58. The molecule has 2 N–H and O–H groups in total. The van der Waals surface area contributed by atoms with Crippen molar-refractivity contribution in [1.29, 1.82) is 0 Å². The van der Waals surface area contributed by atoms with E-state index in [0.29, 0.717) is 28.5 Å². The van der Waals surface area contributed by atoms with Gasteiger partial charge in [0.05, 0.1) is 37.5 Å². The second kappa shape index (κ2) is 9.94. The first-order valence-corrected chi connectivity index (χ1v) is 12.1. The summed E-state index contributed by atoms with van der Waals surface area (Å²) in [6, 6.07) is 21.9. The van der Waals surface area contributed by atoms with Crippen LogP contribution in [0.3, 0.4) is 0 Å². The molecule has 0 aliphatic rings. The Labute approximate surface area is 203 Å². The predicted octanol–water partition coefficient (Wildman–Crippen LogP) is 4.92. The van der Waals surface area contributed by atoms with Crippen LogP contribution in [0.4, 0.5) is 11.4 Å². The molecule has 0 atom stereocenters. The molecule has 0 saturated carbocycles. The van der Waals surface area contributed by atoms with E-state index in [1.165, 1.54) is 51.7 Å². The summed E-state index contributed by atoms with van der Waals surface area (Å²) in [7, 11) is 0.516. The van der Waals surface area contributed by atoms with E-state index in [4.69, 9.17) is 14.2 Å². The Morgan fingerprint density at radius 1 is 0.743 bits per heavy atom. The van der Waals surface area contributed by atoms with Crippen molar-refractivity contribution in [1.82, 2.24) is 0 Å². The van der Waals surface area contributed by atoms with Crippen molar-refractivity contribution in [2.75, 3.05) is 31.4 Å². The van der Waals surface area contributed by atoms with Crippen LogP contribution < -0.4 is 24.2 Å². The normalized spacial score (nSPS) is 11.1. The van der Waals surface area contributed by atoms with Gasteiger partial charge < -0.3 is 19.5 Å². The average molecular weight is 493 g/mol. The van der Waals surface area contributed by atoms with Crippen LogP contribution in [-0.4, -0.2) is 35.7 Å². The molecule has 0 aliphatic heterocycles. The first-order valence-electron chi connectivity index (χ1n) is 10.6. The number of ether oxygens (including phenoxy) is 3. The summed E-state index contributed by atoms with van der Waals surface area (Å²) in [4.78, 5) is 13.0. The number of methoxy groups -OCH3 is 3. The van der Waals surface area contributed by atoms with Crippen LogP contribution in [0.2, 0.25) is 0 Å². The molecular formula is C26H24N2O6S. The summed E-state index contributed by atoms with van der Waals surface area (Å²) in [5.74, 6) is 0.896. The lowest BCUT2D eigenvalue weighted by Gasteiger charge is -2.14. The predicted molar refractivity (Wildman–Crippen MR) is 135 cm³/mol. The van der Waals surface area contributed by atoms with Gasteiger partial charge >= 0.3 is 0 Å². The molecule has 4 aromatic carbocycles. The van der Waals surface area contributed by atoms with Crippen molar-refractivity contribution in [3.8, 4) is 17.2 Å². The van der Waals surface area contributed by atoms with Crippen LogP contribution in [0.5, 0.6) is 17.2 Å². The molecule has 0 unspecified atom stereocenters. The van der Waals surface area contributed by atoms with Crippen LogP contribution in [0, 0.1) is 0 Å². The zero-order valence-corrected chi connectivity index (χ0v) is 20.2. The van der Waals surface area contributed by atoms with Crippen LogP contribution >= 0.6 is 0 Å². The second-order valence-corrected chi connectivity index (χ2v) is 9.23. The van der Waals surface area contributed by atoms with Gasteiger partial charge in [-0.2, -0.15) is 0 Å². The molecule has 9 heteroatoms. The van der Waals surface area contributed by atoms with Gasteiger partial charge in [0, 0.05) is 11.8 Å². The standard InChI is InChI=1S/C26H24N2O6S/c1-32-20-10-13-24(33-2)23(16-20)28-35(30,31)21-11-8-19(9-12-21)27-26(29)22-14-17-6-4-5-7-18(17)15-25(22)34-3/h4-16,28H,1-3H3,(H,27,29). The van der Waals surface area contributed by atoms with Crippen molar-refractivity contribution in [3.63, 3.8) is 0 Å². The third kappa shape index (κ3) is 5.15. The number of sulfonamides is 1. The Morgan fingerprint density at radius 2 is 1.40 bits per heavy atom. The highest BCUT2D eigenvalue weighted by Gasteiger charge is 2.18. The van der Waals surface area contributed by atoms with Gasteiger partial charge in [-0.15, -0.1) is 0 Å². The first kappa shape index (κ1) is 23.9. The molecule has 180 valence electrons. The van der Waals surface area contributed by atoms with E-state index in [1.54, 1.807) is 24.3 Å². The maximum absolute atomic E-state index is 12.9. The highest BCUT2D eigenvalue weighted by Crippen LogP contribution is 2.31. The summed E-state index contributed by atoms with van der Waals surface area (Å²) in [6.07, 6.45) is 0. The number of carbonyl (C=O) groups is 1. The Kier molecular flexibility index (Phi) is 6.79. The van der Waals surface area contributed by atoms with Crippen LogP contribution in [-0.2, 0) is 10.0 Å². The number of carbonyl (C=O) groups excluding carboxylic acids is 1. The lowest BCUT2D eigenvalue weighted by Crippen LogP contribution is -2.15. The third-order valence-electron chi connectivity index (χ3n) is 5.39. The highest BCUT2D eigenvalue weighted by molar-refractivity contribution is 7.92. The quantitative estimate of drug-likeness (QED) is 0.362. The summed E-state index contributed by atoms with van der Waals surface area (Å²) in [5.41, 5.74) is 1.05. The van der Waals surface area contributed by atoms with Crippen molar-refractivity contribution < 1.29 is 27.4 Å². The molecule has 0 spiro atoms. The molecule has 0 saturated heterocycles. The van der Waals surface area contributed by atoms with E-state index in [9.17, 15) is 13.2 Å². The molecule has 0 bridgehead atoms. The van der Waals surface area contributed by atoms with Crippen LogP contribution in [0.25, 0.3) is 10.8 Å². The maximum Gasteiger partial charge on any atom is 0.262 e. The molecule has 0 radical (unpaired) electrons. The molecule has 4 rings (SSSR count). The van der Waals surface area contributed by atoms with E-state index in [0.717, 1.165) is 10.8 Å². The summed E-state index contributed by atoms with van der Waals surface area (Å²) in [5, 5.41) is 4.64. The first-order chi connectivity index (χ1) is 16.8. The molecular weight excluding hydrogens is 468 g/mol. The van der Waals surface area contributed by atoms with E-state index >= 15 is 0 Å². The van der Waals surface area contributed by atoms with Gasteiger partial charge in [-0.1, -0.05) is 24.3 Å². The number of hydrogen-bond donors (Lipinski definition) is 2. The number of amides is 1. The average Bonchev–Trinajstić information content (AvgIpc) is 2.87. The van der Waals surface area contributed by atoms with E-state index in [-0.39, 0.29) is 16.5 Å². The molecule has 0 fully saturated rings. The fourth-order valence-corrected chi connectivity index (χ4v) is 4.64. The summed E-state index contributed by atoms with van der Waals surface area (Å²) >= 11 is 0. The van der Waals surface area contributed by atoms with Gasteiger partial charge in [-0.25, -0.2) is 8.42 Å². The van der Waals surface area contributed by atoms with E-state index in [1.807, 2.05) is 24.3 Å². The number of rotatable bonds is 8. The highest BCUT2D eigenvalue weighted by atomic mass is 32.2. The van der Waals surface area contributed by atoms with Gasteiger partial charge in [0.25, 0.3) is 15.9 Å². The summed E-state index contributed by atoms with van der Waals surface area (Å²) < 4.78 is 44.2. The Bertz CT molecular complexity index is 1480. The van der Waals surface area contributed by atoms with Crippen molar-refractivity contribution >= 4 is 38.1 Å². The minimum Gasteiger partial charge on any atom is -0.497 e. The fraction of sp³-hybridized carbons (Fsp3) is 0.115. The Hall–Kier alpha value is -4.24. The van der Waals surface area contributed by atoms with Gasteiger partial charge in [0.15, 0.2) is 0 Å². The Morgan fingerprint density at radius 3 is 2.03 bits per heavy atom. The molecule has 0 aromatic heterocycles. The molecule has 1 amide bonds. The molecule has 4 aromatic rings. The van der Waals surface area contributed by atoms with E-state index < -0.39 is 10.0 Å². The third-order valence-corrected chi connectivity index (χ3v) is 6.77. The zero-order valence-electron chi connectivity index (χ0n) is 19.4. The van der Waals surface area contributed by atoms with Crippen LogP contribution in [0.15, 0.2) is 83.8 Å². The van der Waals surface area contributed by atoms with Gasteiger partial charge in [0.1, 0.15) is 17.2 Å². The number of fused-ring (bicyclic) bond motifs is 1. The topological polar surface area (TPSA) is 103 Å². The SMILES string of the molecule is COc1ccc(OC)c(NS(=O)(=O)c2ccc(NC(=O)c3cc4ccccc4cc3OC)cc2)c1. The number of nitrogens with one attached hydrogen (secondary N) is 2. The minimum absolute atomic E-state index is 0.0173. The minimum atomic E-state index is -3.92. The number of hydrogen-bond acceptors (Lipinski definition) is 6. The lowest BCUT2D eigenvalue weighted by molar-refractivity contribution is 0.102. The molecule has 0 aliphatic carbocycles. The van der Waals surface area contributed by atoms with Crippen molar-refractivity contribution in [2.24, 2.45) is 0 Å². The molecule has 0 heterocycles. The van der Waals surface area contributed by atoms with Gasteiger partial charge in [0.2, 0.25) is 0 Å². The van der Waals surface area contributed by atoms with Crippen molar-refractivity contribution in [2.45, 2.75) is 4.90 Å². The largest absolute Gasteiger partial charge is 0.497 e. The Balaban J connectivity index is 1.54. The lowest BCUT2D eigenvalue weighted by atomic mass is 10.1. The monoisotopic (exact) mass is 492 g/mol. The molecule has 8 nitrogen and oxygen atoms in total. The van der Waals surface area contributed by atoms with Gasteiger partial charge in [-0.05, 0) is 59.3 Å². The second-order valence-electron chi connectivity index (χ2n) is 7.55. The van der Waals surface area contributed by atoms with Crippen molar-refractivity contribution in [3.05, 3.63) is 84.4 Å².